The zero-order valence-electron chi connectivity index (χ0n) is 30.1. The Labute approximate surface area is 294 Å². The summed E-state index contributed by atoms with van der Waals surface area (Å²) in [5.41, 5.74) is 4.44. The van der Waals surface area contributed by atoms with Gasteiger partial charge >= 0.3 is 0 Å². The van der Waals surface area contributed by atoms with Crippen LogP contribution in [0.4, 0.5) is 0 Å². The van der Waals surface area contributed by atoms with Crippen molar-refractivity contribution in [1.29, 1.82) is 0 Å². The fraction of sp³-hybridized carbons (Fsp3) is 0.435. The smallest absolute Gasteiger partial charge is 0.162 e. The number of nitrogens with zero attached hydrogens (tertiary/aromatic N) is 1. The maximum atomic E-state index is 14.3. The van der Waals surface area contributed by atoms with Gasteiger partial charge in [-0.05, 0) is 118 Å². The first-order chi connectivity index (χ1) is 23.8. The molecule has 6 rings (SSSR count). The van der Waals surface area contributed by atoms with Gasteiger partial charge in [0.2, 0.25) is 0 Å². The van der Waals surface area contributed by atoms with Gasteiger partial charge in [0.15, 0.2) is 11.6 Å². The number of hydrogen-bond donors (Lipinski definition) is 0. The second-order valence-electron chi connectivity index (χ2n) is 14.9. The minimum atomic E-state index is -0.598. The van der Waals surface area contributed by atoms with Crippen molar-refractivity contribution in [3.8, 4) is 0 Å². The van der Waals surface area contributed by atoms with Gasteiger partial charge in [-0.1, -0.05) is 128 Å². The predicted molar refractivity (Wildman–Crippen MR) is 205 cm³/mol. The molecule has 0 radical (unpaired) electrons. The summed E-state index contributed by atoms with van der Waals surface area (Å²) in [4.78, 5) is 30.6. The van der Waals surface area contributed by atoms with Gasteiger partial charge in [0.25, 0.3) is 0 Å². The van der Waals surface area contributed by atoms with Crippen molar-refractivity contribution in [3.63, 3.8) is 0 Å². The Morgan fingerprint density at radius 3 is 2.67 bits per heavy atom. The van der Waals surface area contributed by atoms with E-state index in [-0.39, 0.29) is 23.5 Å². The average Bonchev–Trinajstić information content (AvgIpc) is 3.24. The van der Waals surface area contributed by atoms with Crippen molar-refractivity contribution in [3.05, 3.63) is 132 Å². The van der Waals surface area contributed by atoms with Gasteiger partial charge in [-0.25, -0.2) is 0 Å². The lowest BCUT2D eigenvalue weighted by atomic mass is 9.72. The molecule has 1 heterocycles. The second kappa shape index (κ2) is 15.8. The van der Waals surface area contributed by atoms with Gasteiger partial charge in [-0.3, -0.25) is 14.5 Å². The van der Waals surface area contributed by atoms with Crippen LogP contribution in [0.25, 0.3) is 10.8 Å². The third-order valence-corrected chi connectivity index (χ3v) is 11.8. The van der Waals surface area contributed by atoms with E-state index >= 15 is 0 Å². The van der Waals surface area contributed by atoms with Gasteiger partial charge in [0, 0.05) is 17.9 Å². The maximum absolute atomic E-state index is 14.3. The molecule has 256 valence electrons. The lowest BCUT2D eigenvalue weighted by Crippen LogP contribution is -2.39. The highest BCUT2D eigenvalue weighted by atomic mass is 16.1. The average molecular weight is 654 g/mol. The number of rotatable bonds is 10. The topological polar surface area (TPSA) is 37.4 Å². The molecule has 3 aliphatic carbocycles. The van der Waals surface area contributed by atoms with Gasteiger partial charge in [0.1, 0.15) is 0 Å². The minimum absolute atomic E-state index is 0.0389. The highest BCUT2D eigenvalue weighted by Crippen LogP contribution is 2.47. The van der Waals surface area contributed by atoms with Crippen LogP contribution in [0.3, 0.4) is 0 Å². The summed E-state index contributed by atoms with van der Waals surface area (Å²) in [6, 6.07) is 15.5. The molecule has 6 atom stereocenters. The quantitative estimate of drug-likeness (QED) is 0.189. The summed E-state index contributed by atoms with van der Waals surface area (Å²) >= 11 is 0. The van der Waals surface area contributed by atoms with Crippen molar-refractivity contribution < 1.29 is 9.59 Å². The van der Waals surface area contributed by atoms with Crippen LogP contribution in [0.15, 0.2) is 126 Å². The molecule has 2 aromatic carbocycles. The summed E-state index contributed by atoms with van der Waals surface area (Å²) in [5, 5.41) is 2.47. The molecule has 3 heteroatoms. The van der Waals surface area contributed by atoms with E-state index in [0.717, 1.165) is 70.0 Å². The summed E-state index contributed by atoms with van der Waals surface area (Å²) in [5.74, 6) is 0.961. The van der Waals surface area contributed by atoms with Crippen molar-refractivity contribution in [2.75, 3.05) is 13.1 Å². The van der Waals surface area contributed by atoms with E-state index in [1.807, 2.05) is 12.2 Å². The molecule has 0 bridgehead atoms. The third-order valence-electron chi connectivity index (χ3n) is 11.8. The van der Waals surface area contributed by atoms with E-state index in [1.165, 1.54) is 27.5 Å². The first-order valence-electron chi connectivity index (χ1n) is 18.9. The van der Waals surface area contributed by atoms with Crippen LogP contribution < -0.4 is 0 Å². The van der Waals surface area contributed by atoms with E-state index in [9.17, 15) is 9.59 Å². The fourth-order valence-corrected chi connectivity index (χ4v) is 8.98. The fourth-order valence-electron chi connectivity index (χ4n) is 8.98. The summed E-state index contributed by atoms with van der Waals surface area (Å²) in [7, 11) is 0. The van der Waals surface area contributed by atoms with Crippen LogP contribution in [0.2, 0.25) is 0 Å². The molecule has 3 nitrogen and oxygen atoms in total. The number of allylic oxidation sites excluding steroid dienone is 12. The monoisotopic (exact) mass is 653 g/mol. The first kappa shape index (κ1) is 35.0. The lowest BCUT2D eigenvalue weighted by Gasteiger charge is -2.36. The Kier molecular flexibility index (Phi) is 11.3. The van der Waals surface area contributed by atoms with Gasteiger partial charge in [0.05, 0.1) is 5.41 Å². The molecular formula is C46H55NO2. The Balaban J connectivity index is 1.14. The molecule has 0 amide bonds. The molecular weight excluding hydrogens is 599 g/mol. The molecule has 5 unspecified atom stereocenters. The normalized spacial score (nSPS) is 30.1. The number of hydrogen-bond acceptors (Lipinski definition) is 3. The van der Waals surface area contributed by atoms with Gasteiger partial charge < -0.3 is 0 Å². The summed E-state index contributed by atoms with van der Waals surface area (Å²) in [6.07, 6.45) is 31.5. The Bertz CT molecular complexity index is 1750. The van der Waals surface area contributed by atoms with Crippen molar-refractivity contribution in [2.24, 2.45) is 23.2 Å². The van der Waals surface area contributed by atoms with Crippen molar-refractivity contribution in [1.82, 2.24) is 4.90 Å². The van der Waals surface area contributed by atoms with Crippen molar-refractivity contribution in [2.45, 2.75) is 91.0 Å². The minimum Gasteiger partial charge on any atom is -0.298 e. The largest absolute Gasteiger partial charge is 0.298 e. The Morgan fingerprint density at radius 2 is 1.88 bits per heavy atom. The molecule has 0 saturated carbocycles. The maximum Gasteiger partial charge on any atom is 0.162 e. The van der Waals surface area contributed by atoms with Crippen LogP contribution in [0.1, 0.15) is 90.5 Å². The van der Waals surface area contributed by atoms with Crippen LogP contribution in [0, 0.1) is 23.2 Å². The molecule has 0 spiro atoms. The molecule has 0 aromatic heterocycles. The van der Waals surface area contributed by atoms with Crippen molar-refractivity contribution >= 4 is 22.3 Å². The Morgan fingerprint density at radius 1 is 1.04 bits per heavy atom. The van der Waals surface area contributed by atoms with E-state index in [4.69, 9.17) is 0 Å². The van der Waals surface area contributed by atoms with Gasteiger partial charge in [-0.15, -0.1) is 0 Å². The molecule has 4 aliphatic rings. The molecule has 1 fully saturated rings. The SMILES string of the molecule is CC/C=C\C(=O)C(/C1=C/C=C\C=C\CC1)C1CCCN(C2CC=C(C3(C)C=CC([C@@H](CC)c4ccc5ccccc5c4)C3=O)C=C2C)CC1. The lowest BCUT2D eigenvalue weighted by molar-refractivity contribution is -0.126. The zero-order chi connectivity index (χ0) is 34.4. The number of benzene rings is 2. The summed E-state index contributed by atoms with van der Waals surface area (Å²) < 4.78 is 0. The van der Waals surface area contributed by atoms with E-state index < -0.39 is 5.41 Å². The Hall–Kier alpha value is -3.82. The number of likely N-dealkylation sites (tertiary alicyclic amines) is 1. The first-order valence-corrected chi connectivity index (χ1v) is 18.9. The van der Waals surface area contributed by atoms with Gasteiger partial charge in [-0.2, -0.15) is 0 Å². The highest BCUT2D eigenvalue weighted by Gasteiger charge is 2.45. The van der Waals surface area contributed by atoms with Crippen LogP contribution in [0.5, 0.6) is 0 Å². The van der Waals surface area contributed by atoms with E-state index in [0.29, 0.717) is 17.7 Å². The predicted octanol–water partition coefficient (Wildman–Crippen LogP) is 10.8. The number of carbonyl (C=O) groups excluding carboxylic acids is 2. The number of fused-ring (bicyclic) bond motifs is 1. The molecule has 1 aliphatic heterocycles. The summed E-state index contributed by atoms with van der Waals surface area (Å²) in [6.45, 7) is 10.7. The van der Waals surface area contributed by atoms with E-state index in [1.54, 1.807) is 0 Å². The number of Topliss-reactive ketones (excluding diaryl/α,β-unsaturated/α-hetero) is 1. The highest BCUT2D eigenvalue weighted by molar-refractivity contribution is 5.97. The second-order valence-corrected chi connectivity index (χ2v) is 14.9. The molecule has 49 heavy (non-hydrogen) atoms. The number of carbonyl (C=O) groups is 2. The van der Waals surface area contributed by atoms with Crippen LogP contribution >= 0.6 is 0 Å². The molecule has 0 N–H and O–H groups in total. The number of ketones is 2. The standard InChI is InChI=1S/C46H55NO2/c1-5-7-21-43(48)44(35-17-11-9-8-10-12-18-35)36-20-15-29-47(30-27-36)42-25-24-39(31-33(42)3)46(4)28-26-41(45(46)49)40(6-2)38-23-22-34-16-13-14-19-37(34)32-38/h7-11,13-14,16-17,19,21-24,26,28,31-32,36,40-42,44H,5-6,12,15,18,20,25,27,29-30H2,1-4H3/b10-8+,11-9-,21-7-,35-17+/t36?,40-,41?,42?,44?,46?/m0/s1. The third kappa shape index (κ3) is 7.53. The molecule has 1 saturated heterocycles. The van der Waals surface area contributed by atoms with Crippen LogP contribution in [-0.2, 0) is 9.59 Å². The zero-order valence-corrected chi connectivity index (χ0v) is 30.1. The molecule has 2 aromatic rings. The van der Waals surface area contributed by atoms with Crippen LogP contribution in [-0.4, -0.2) is 35.6 Å². The van der Waals surface area contributed by atoms with E-state index in [2.05, 4.69) is 130 Å².